The first-order chi connectivity index (χ1) is 9.55. The Morgan fingerprint density at radius 3 is 2.45 bits per heavy atom. The van der Waals surface area contributed by atoms with Crippen LogP contribution in [-0.2, 0) is 12.6 Å². The zero-order valence-corrected chi connectivity index (χ0v) is 10.7. The van der Waals surface area contributed by atoms with Crippen LogP contribution >= 0.6 is 0 Å². The third-order valence-electron chi connectivity index (χ3n) is 3.70. The van der Waals surface area contributed by atoms with Crippen molar-refractivity contribution in [2.75, 3.05) is 5.32 Å². The number of hydrogen-bond acceptors (Lipinski definition) is 1. The van der Waals surface area contributed by atoms with Crippen molar-refractivity contribution in [3.05, 3.63) is 65.2 Å². The highest BCUT2D eigenvalue weighted by atomic mass is 19.4. The monoisotopic (exact) mass is 277 g/mol. The average Bonchev–Trinajstić information content (AvgIpc) is 2.82. The Balaban J connectivity index is 1.90. The van der Waals surface area contributed by atoms with E-state index in [4.69, 9.17) is 0 Å². The lowest BCUT2D eigenvalue weighted by atomic mass is 10.1. The number of hydrogen-bond donors (Lipinski definition) is 1. The molecule has 20 heavy (non-hydrogen) atoms. The van der Waals surface area contributed by atoms with Crippen LogP contribution in [0.3, 0.4) is 0 Å². The minimum absolute atomic E-state index is 0.0466. The molecule has 0 fully saturated rings. The van der Waals surface area contributed by atoms with Gasteiger partial charge in [0.15, 0.2) is 0 Å². The Hall–Kier alpha value is -1.97. The number of halogens is 3. The summed E-state index contributed by atoms with van der Waals surface area (Å²) in [6.45, 7) is 0. The lowest BCUT2D eigenvalue weighted by molar-refractivity contribution is -0.137. The number of benzene rings is 2. The maximum absolute atomic E-state index is 13.0. The molecule has 1 aliphatic carbocycles. The molecular formula is C16H14F3N. The molecule has 1 unspecified atom stereocenters. The molecule has 1 nitrogen and oxygen atoms in total. The van der Waals surface area contributed by atoms with Crippen molar-refractivity contribution >= 4 is 5.69 Å². The Morgan fingerprint density at radius 1 is 0.950 bits per heavy atom. The number of aryl methyl sites for hydroxylation is 1. The van der Waals surface area contributed by atoms with Crippen LogP contribution < -0.4 is 5.32 Å². The van der Waals surface area contributed by atoms with Crippen LogP contribution in [0.4, 0.5) is 18.9 Å². The van der Waals surface area contributed by atoms with E-state index in [-0.39, 0.29) is 11.7 Å². The highest BCUT2D eigenvalue weighted by molar-refractivity contribution is 5.55. The quantitative estimate of drug-likeness (QED) is 0.831. The first-order valence-corrected chi connectivity index (χ1v) is 6.56. The van der Waals surface area contributed by atoms with Gasteiger partial charge >= 0.3 is 6.18 Å². The van der Waals surface area contributed by atoms with Gasteiger partial charge in [0.1, 0.15) is 0 Å². The number of nitrogens with one attached hydrogen (secondary N) is 1. The van der Waals surface area contributed by atoms with E-state index >= 15 is 0 Å². The number of para-hydroxylation sites is 1. The van der Waals surface area contributed by atoms with Gasteiger partial charge in [0, 0.05) is 5.69 Å². The van der Waals surface area contributed by atoms with E-state index in [1.54, 1.807) is 6.07 Å². The minimum Gasteiger partial charge on any atom is -0.378 e. The second-order valence-corrected chi connectivity index (χ2v) is 4.98. The van der Waals surface area contributed by atoms with E-state index in [0.29, 0.717) is 0 Å². The van der Waals surface area contributed by atoms with Crippen LogP contribution in [0.25, 0.3) is 0 Å². The number of rotatable bonds is 2. The molecule has 1 aliphatic rings. The molecule has 2 aromatic rings. The number of anilines is 1. The van der Waals surface area contributed by atoms with Gasteiger partial charge in [-0.2, -0.15) is 13.2 Å². The summed E-state index contributed by atoms with van der Waals surface area (Å²) < 4.78 is 38.9. The summed E-state index contributed by atoms with van der Waals surface area (Å²) in [5.41, 5.74) is 1.87. The molecule has 0 aromatic heterocycles. The van der Waals surface area contributed by atoms with E-state index in [0.717, 1.165) is 24.5 Å². The number of alkyl halides is 3. The van der Waals surface area contributed by atoms with Crippen molar-refractivity contribution < 1.29 is 13.2 Å². The molecule has 0 saturated carbocycles. The van der Waals surface area contributed by atoms with Crippen molar-refractivity contribution in [1.82, 2.24) is 0 Å². The van der Waals surface area contributed by atoms with Gasteiger partial charge in [-0.1, -0.05) is 36.4 Å². The second kappa shape index (κ2) is 4.85. The second-order valence-electron chi connectivity index (χ2n) is 4.98. The molecule has 0 saturated heterocycles. The van der Waals surface area contributed by atoms with Gasteiger partial charge in [0.05, 0.1) is 11.6 Å². The fraction of sp³-hybridized carbons (Fsp3) is 0.250. The fourth-order valence-corrected chi connectivity index (χ4v) is 2.75. The van der Waals surface area contributed by atoms with E-state index in [1.807, 2.05) is 24.3 Å². The van der Waals surface area contributed by atoms with Crippen LogP contribution in [-0.4, -0.2) is 0 Å². The van der Waals surface area contributed by atoms with Gasteiger partial charge in [-0.3, -0.25) is 0 Å². The maximum atomic E-state index is 13.0. The molecule has 1 N–H and O–H groups in total. The minimum atomic E-state index is -4.33. The fourth-order valence-electron chi connectivity index (χ4n) is 2.75. The molecule has 1 atom stereocenters. The van der Waals surface area contributed by atoms with E-state index in [1.165, 1.54) is 17.7 Å². The zero-order chi connectivity index (χ0) is 14.2. The lowest BCUT2D eigenvalue weighted by Gasteiger charge is -2.19. The molecule has 0 amide bonds. The Morgan fingerprint density at radius 2 is 1.65 bits per heavy atom. The van der Waals surface area contributed by atoms with Gasteiger partial charge in [0.2, 0.25) is 0 Å². The normalized spacial score (nSPS) is 17.9. The maximum Gasteiger partial charge on any atom is 0.418 e. The van der Waals surface area contributed by atoms with E-state index in [2.05, 4.69) is 5.32 Å². The molecule has 3 rings (SSSR count). The Kier molecular flexibility index (Phi) is 3.16. The smallest absolute Gasteiger partial charge is 0.378 e. The standard InChI is InChI=1S/C16H14F3N/c17-16(18,19)13-7-3-4-8-15(13)20-14-10-9-11-5-1-2-6-12(11)14/h1-8,14,20H,9-10H2. The zero-order valence-electron chi connectivity index (χ0n) is 10.7. The van der Waals surface area contributed by atoms with Crippen LogP contribution in [0.15, 0.2) is 48.5 Å². The predicted octanol–water partition coefficient (Wildman–Crippen LogP) is 4.80. The average molecular weight is 277 g/mol. The van der Waals surface area contributed by atoms with Crippen LogP contribution in [0.5, 0.6) is 0 Å². The largest absolute Gasteiger partial charge is 0.418 e. The molecule has 0 radical (unpaired) electrons. The van der Waals surface area contributed by atoms with Crippen molar-refractivity contribution in [3.63, 3.8) is 0 Å². The van der Waals surface area contributed by atoms with Gasteiger partial charge < -0.3 is 5.32 Å². The summed E-state index contributed by atoms with van der Waals surface area (Å²) in [5.74, 6) is 0. The molecular weight excluding hydrogens is 263 g/mol. The third-order valence-corrected chi connectivity index (χ3v) is 3.70. The highest BCUT2D eigenvalue weighted by Gasteiger charge is 2.34. The molecule has 0 bridgehead atoms. The first-order valence-electron chi connectivity index (χ1n) is 6.56. The van der Waals surface area contributed by atoms with Gasteiger partial charge in [-0.25, -0.2) is 0 Å². The lowest BCUT2D eigenvalue weighted by Crippen LogP contribution is -2.13. The summed E-state index contributed by atoms with van der Waals surface area (Å²) in [7, 11) is 0. The summed E-state index contributed by atoms with van der Waals surface area (Å²) in [4.78, 5) is 0. The van der Waals surface area contributed by atoms with E-state index < -0.39 is 11.7 Å². The van der Waals surface area contributed by atoms with Crippen LogP contribution in [0, 0.1) is 0 Å². The Labute approximate surface area is 115 Å². The summed E-state index contributed by atoms with van der Waals surface area (Å²) in [6, 6.07) is 13.5. The van der Waals surface area contributed by atoms with Crippen molar-refractivity contribution in [1.29, 1.82) is 0 Å². The van der Waals surface area contributed by atoms with Crippen molar-refractivity contribution in [2.24, 2.45) is 0 Å². The van der Waals surface area contributed by atoms with Crippen molar-refractivity contribution in [2.45, 2.75) is 25.1 Å². The van der Waals surface area contributed by atoms with Gasteiger partial charge in [-0.15, -0.1) is 0 Å². The molecule has 104 valence electrons. The summed E-state index contributed by atoms with van der Waals surface area (Å²) >= 11 is 0. The SMILES string of the molecule is FC(F)(F)c1ccccc1NC1CCc2ccccc21. The molecule has 0 heterocycles. The van der Waals surface area contributed by atoms with Crippen molar-refractivity contribution in [3.8, 4) is 0 Å². The third kappa shape index (κ3) is 2.38. The first kappa shape index (κ1) is 13.0. The summed E-state index contributed by atoms with van der Waals surface area (Å²) in [5, 5.41) is 3.05. The van der Waals surface area contributed by atoms with Crippen LogP contribution in [0.1, 0.15) is 29.2 Å². The topological polar surface area (TPSA) is 12.0 Å². The van der Waals surface area contributed by atoms with Crippen LogP contribution in [0.2, 0.25) is 0 Å². The van der Waals surface area contributed by atoms with E-state index in [9.17, 15) is 13.2 Å². The molecule has 2 aromatic carbocycles. The molecule has 0 aliphatic heterocycles. The van der Waals surface area contributed by atoms with Gasteiger partial charge in [-0.05, 0) is 36.1 Å². The molecule has 0 spiro atoms. The van der Waals surface area contributed by atoms with Gasteiger partial charge in [0.25, 0.3) is 0 Å². The highest BCUT2D eigenvalue weighted by Crippen LogP contribution is 2.39. The Bertz CT molecular complexity index is 619. The number of fused-ring (bicyclic) bond motifs is 1. The summed E-state index contributed by atoms with van der Waals surface area (Å²) in [6.07, 6.45) is -2.60. The molecule has 4 heteroatoms. The predicted molar refractivity (Wildman–Crippen MR) is 72.6 cm³/mol.